The van der Waals surface area contributed by atoms with E-state index in [0.717, 1.165) is 51.4 Å². The number of halogens is 6. The van der Waals surface area contributed by atoms with Gasteiger partial charge in [0.05, 0.1) is 23.8 Å². The summed E-state index contributed by atoms with van der Waals surface area (Å²) in [6, 6.07) is 1.12. The minimum absolute atomic E-state index is 0.00464. The largest absolute Gasteiger partial charge is 0.416 e. The van der Waals surface area contributed by atoms with Gasteiger partial charge in [-0.1, -0.05) is 0 Å². The number of methoxy groups -OCH3 is 1. The van der Waals surface area contributed by atoms with Crippen molar-refractivity contribution >= 4 is 11.8 Å². The van der Waals surface area contributed by atoms with Crippen molar-refractivity contribution < 1.29 is 40.7 Å². The van der Waals surface area contributed by atoms with Gasteiger partial charge in [0, 0.05) is 32.3 Å². The normalized spacial score (nSPS) is 24.3. The van der Waals surface area contributed by atoms with E-state index >= 15 is 0 Å². The molecule has 0 unspecified atom stereocenters. The Morgan fingerprint density at radius 1 is 0.846 bits per heavy atom. The molecule has 3 rings (SSSR count). The van der Waals surface area contributed by atoms with Crippen LogP contribution in [-0.2, 0) is 21.9 Å². The maximum absolute atomic E-state index is 13.1. The van der Waals surface area contributed by atoms with Crippen LogP contribution in [0.4, 0.5) is 26.3 Å². The molecule has 2 aliphatic rings. The highest BCUT2D eigenvalue weighted by atomic mass is 19.4. The first-order valence-corrected chi connectivity index (χ1v) is 13.3. The number of rotatable bonds is 9. The summed E-state index contributed by atoms with van der Waals surface area (Å²) in [5, 5.41) is 5.75. The molecule has 0 aliphatic heterocycles. The molecular weight excluding hydrogens is 528 g/mol. The van der Waals surface area contributed by atoms with E-state index in [1.165, 1.54) is 0 Å². The molecule has 1 aromatic rings. The molecule has 2 amide bonds. The van der Waals surface area contributed by atoms with Crippen molar-refractivity contribution in [2.75, 3.05) is 33.8 Å². The summed E-state index contributed by atoms with van der Waals surface area (Å²) in [5.74, 6) is -0.484. The Bertz CT molecular complexity index is 936. The van der Waals surface area contributed by atoms with Crippen LogP contribution >= 0.6 is 0 Å². The third-order valence-corrected chi connectivity index (χ3v) is 7.99. The standard InChI is InChI=1S/C27H37F6N3O3/c1-36(22-7-9-23(39-2)10-8-22)24(37)16-34-14-17-3-5-18(6-4-17)15-35-25(38)19-11-20(26(28,29)30)13-21(12-19)27(31,32)33/h11-13,17-18,22-23,34H,3-10,14-16H2,1-2H3,(H,35,38)/t17?,18?,22-,23-. The predicted molar refractivity (Wildman–Crippen MR) is 133 cm³/mol. The molecule has 0 bridgehead atoms. The fourth-order valence-corrected chi connectivity index (χ4v) is 5.44. The SMILES string of the molecule is CO[C@H]1CC[C@H](N(C)C(=O)CNCC2CCC(CNC(=O)c3cc(C(F)(F)F)cc(C(F)(F)F)c3)CC2)CC1. The van der Waals surface area contributed by atoms with E-state index in [2.05, 4.69) is 10.6 Å². The summed E-state index contributed by atoms with van der Waals surface area (Å²) in [6.07, 6.45) is -2.76. The molecular formula is C27H37F6N3O3. The molecule has 2 fully saturated rings. The summed E-state index contributed by atoms with van der Waals surface area (Å²) >= 11 is 0. The molecule has 0 saturated heterocycles. The molecule has 0 heterocycles. The lowest BCUT2D eigenvalue weighted by atomic mass is 9.82. The molecule has 12 heteroatoms. The maximum atomic E-state index is 13.1. The van der Waals surface area contributed by atoms with Crippen LogP contribution in [0.1, 0.15) is 72.9 Å². The van der Waals surface area contributed by atoms with Crippen LogP contribution in [0.2, 0.25) is 0 Å². The van der Waals surface area contributed by atoms with Gasteiger partial charge in [0.15, 0.2) is 0 Å². The summed E-state index contributed by atoms with van der Waals surface area (Å²) < 4.78 is 83.8. The van der Waals surface area contributed by atoms with Crippen LogP contribution in [0.25, 0.3) is 0 Å². The third kappa shape index (κ3) is 9.09. The zero-order valence-electron chi connectivity index (χ0n) is 22.3. The highest BCUT2D eigenvalue weighted by molar-refractivity contribution is 5.94. The van der Waals surface area contributed by atoms with E-state index in [0.29, 0.717) is 24.6 Å². The summed E-state index contributed by atoms with van der Waals surface area (Å²) in [7, 11) is 3.55. The Labute approximate surface area is 224 Å². The lowest BCUT2D eigenvalue weighted by molar-refractivity contribution is -0.143. The van der Waals surface area contributed by atoms with E-state index in [4.69, 9.17) is 4.74 Å². The topological polar surface area (TPSA) is 70.7 Å². The highest BCUT2D eigenvalue weighted by Crippen LogP contribution is 2.36. The number of hydrogen-bond acceptors (Lipinski definition) is 4. The van der Waals surface area contributed by atoms with Crippen molar-refractivity contribution in [3.8, 4) is 0 Å². The van der Waals surface area contributed by atoms with E-state index in [-0.39, 0.29) is 43.1 Å². The van der Waals surface area contributed by atoms with Crippen molar-refractivity contribution in [1.29, 1.82) is 0 Å². The van der Waals surface area contributed by atoms with Gasteiger partial charge in [-0.15, -0.1) is 0 Å². The van der Waals surface area contributed by atoms with Crippen molar-refractivity contribution in [3.63, 3.8) is 0 Å². The first kappa shape index (κ1) is 31.2. The predicted octanol–water partition coefficient (Wildman–Crippen LogP) is 5.27. The second-order valence-corrected chi connectivity index (χ2v) is 10.7. The fraction of sp³-hybridized carbons (Fsp3) is 0.704. The quantitative estimate of drug-likeness (QED) is 0.401. The van der Waals surface area contributed by atoms with Crippen molar-refractivity contribution in [3.05, 3.63) is 34.9 Å². The number of alkyl halides is 6. The molecule has 0 radical (unpaired) electrons. The molecule has 2 saturated carbocycles. The van der Waals surface area contributed by atoms with Crippen LogP contribution in [0, 0.1) is 11.8 Å². The van der Waals surface area contributed by atoms with Gasteiger partial charge >= 0.3 is 12.4 Å². The Kier molecular flexibility index (Phi) is 10.7. The van der Waals surface area contributed by atoms with Gasteiger partial charge < -0.3 is 20.3 Å². The van der Waals surface area contributed by atoms with Crippen LogP contribution < -0.4 is 10.6 Å². The number of likely N-dealkylation sites (N-methyl/N-ethyl adjacent to an activating group) is 1. The highest BCUT2D eigenvalue weighted by Gasteiger charge is 2.37. The van der Waals surface area contributed by atoms with Crippen molar-refractivity contribution in [2.45, 2.75) is 75.9 Å². The number of nitrogens with one attached hydrogen (secondary N) is 2. The Hall–Kier alpha value is -2.34. The van der Waals surface area contributed by atoms with Gasteiger partial charge in [-0.3, -0.25) is 9.59 Å². The Morgan fingerprint density at radius 2 is 1.36 bits per heavy atom. The van der Waals surface area contributed by atoms with Crippen LogP contribution in [0.5, 0.6) is 0 Å². The number of ether oxygens (including phenoxy) is 1. The van der Waals surface area contributed by atoms with Gasteiger partial charge in [-0.2, -0.15) is 26.3 Å². The molecule has 2 N–H and O–H groups in total. The second kappa shape index (κ2) is 13.3. The first-order valence-electron chi connectivity index (χ1n) is 13.3. The zero-order valence-corrected chi connectivity index (χ0v) is 22.3. The Balaban J connectivity index is 1.39. The maximum Gasteiger partial charge on any atom is 0.416 e. The number of carbonyl (C=O) groups is 2. The molecule has 0 atom stereocenters. The number of benzene rings is 1. The van der Waals surface area contributed by atoms with Crippen molar-refractivity contribution in [1.82, 2.24) is 15.5 Å². The molecule has 6 nitrogen and oxygen atoms in total. The average molecular weight is 566 g/mol. The van der Waals surface area contributed by atoms with E-state index in [1.54, 1.807) is 7.11 Å². The smallest absolute Gasteiger partial charge is 0.381 e. The Morgan fingerprint density at radius 3 is 1.85 bits per heavy atom. The number of carbonyl (C=O) groups excluding carboxylic acids is 2. The van der Waals surface area contributed by atoms with E-state index in [9.17, 15) is 35.9 Å². The first-order chi connectivity index (χ1) is 18.3. The van der Waals surface area contributed by atoms with Gasteiger partial charge in [0.1, 0.15) is 0 Å². The molecule has 0 spiro atoms. The lowest BCUT2D eigenvalue weighted by Gasteiger charge is -2.34. The number of nitrogens with zero attached hydrogens (tertiary/aromatic N) is 1. The van der Waals surface area contributed by atoms with E-state index in [1.807, 2.05) is 11.9 Å². The van der Waals surface area contributed by atoms with Gasteiger partial charge in [-0.05, 0) is 87.9 Å². The van der Waals surface area contributed by atoms with Crippen LogP contribution in [0.3, 0.4) is 0 Å². The zero-order chi connectivity index (χ0) is 28.8. The molecule has 0 aromatic heterocycles. The van der Waals surface area contributed by atoms with Crippen LogP contribution in [-0.4, -0.2) is 62.7 Å². The van der Waals surface area contributed by atoms with Gasteiger partial charge in [0.2, 0.25) is 5.91 Å². The van der Waals surface area contributed by atoms with Gasteiger partial charge in [-0.25, -0.2) is 0 Å². The molecule has 2 aliphatic carbocycles. The minimum Gasteiger partial charge on any atom is -0.381 e. The van der Waals surface area contributed by atoms with Gasteiger partial charge in [0.25, 0.3) is 5.91 Å². The number of amides is 2. The summed E-state index contributed by atoms with van der Waals surface area (Å²) in [6.45, 7) is 1.11. The summed E-state index contributed by atoms with van der Waals surface area (Å²) in [4.78, 5) is 26.8. The molecule has 39 heavy (non-hydrogen) atoms. The molecule has 1 aromatic carbocycles. The monoisotopic (exact) mass is 565 g/mol. The number of hydrogen-bond donors (Lipinski definition) is 2. The molecule has 220 valence electrons. The van der Waals surface area contributed by atoms with Crippen molar-refractivity contribution in [2.24, 2.45) is 11.8 Å². The minimum atomic E-state index is -5.01. The third-order valence-electron chi connectivity index (χ3n) is 7.99. The second-order valence-electron chi connectivity index (χ2n) is 10.7. The van der Waals surface area contributed by atoms with E-state index < -0.39 is 35.0 Å². The van der Waals surface area contributed by atoms with Crippen LogP contribution in [0.15, 0.2) is 18.2 Å². The fourth-order valence-electron chi connectivity index (χ4n) is 5.44. The average Bonchev–Trinajstić information content (AvgIpc) is 2.90. The lowest BCUT2D eigenvalue weighted by Crippen LogP contribution is -2.45. The summed E-state index contributed by atoms with van der Waals surface area (Å²) in [5.41, 5.74) is -3.70.